The molecule has 0 aliphatic carbocycles. The van der Waals surface area contributed by atoms with Crippen molar-refractivity contribution >= 4 is 0 Å². The molecule has 0 aliphatic heterocycles. The molecule has 3 rings (SSSR count). The average Bonchev–Trinajstić information content (AvgIpc) is 2.84. The van der Waals surface area contributed by atoms with E-state index >= 15 is 0 Å². The van der Waals surface area contributed by atoms with E-state index < -0.39 is 0 Å². The van der Waals surface area contributed by atoms with Crippen molar-refractivity contribution in [3.8, 4) is 11.4 Å². The van der Waals surface area contributed by atoms with Gasteiger partial charge in [0.15, 0.2) is 0 Å². The Labute approximate surface area is 116 Å². The molecule has 0 saturated carbocycles. The van der Waals surface area contributed by atoms with Crippen LogP contribution in [0.2, 0.25) is 0 Å². The van der Waals surface area contributed by atoms with Gasteiger partial charge in [0, 0.05) is 17.5 Å². The molecular weight excluding hydrogens is 253 g/mol. The smallest absolute Gasteiger partial charge is 0.128 e. The van der Waals surface area contributed by atoms with Gasteiger partial charge in [-0.15, -0.1) is 0 Å². The fraction of sp³-hybridized carbons (Fsp3) is 0.125. The summed E-state index contributed by atoms with van der Waals surface area (Å²) in [6.45, 7) is 2.38. The van der Waals surface area contributed by atoms with Gasteiger partial charge in [0.25, 0.3) is 0 Å². The van der Waals surface area contributed by atoms with Crippen molar-refractivity contribution in [3.05, 3.63) is 71.8 Å². The van der Waals surface area contributed by atoms with E-state index in [2.05, 4.69) is 10.1 Å². The van der Waals surface area contributed by atoms with E-state index in [0.29, 0.717) is 12.1 Å². The maximum Gasteiger partial charge on any atom is 0.128 e. The van der Waals surface area contributed by atoms with Gasteiger partial charge in [-0.3, -0.25) is 9.67 Å². The lowest BCUT2D eigenvalue weighted by Crippen LogP contribution is -2.05. The van der Waals surface area contributed by atoms with Gasteiger partial charge in [0.05, 0.1) is 12.2 Å². The molecule has 0 aliphatic rings. The number of hydrogen-bond donors (Lipinski definition) is 0. The van der Waals surface area contributed by atoms with E-state index in [1.165, 1.54) is 6.07 Å². The first kappa shape index (κ1) is 12.5. The van der Waals surface area contributed by atoms with Crippen molar-refractivity contribution in [2.45, 2.75) is 13.5 Å². The lowest BCUT2D eigenvalue weighted by atomic mass is 10.2. The summed E-state index contributed by atoms with van der Waals surface area (Å²) in [5.74, 6) is -0.207. The summed E-state index contributed by atoms with van der Waals surface area (Å²) in [4.78, 5) is 4.28. The van der Waals surface area contributed by atoms with Crippen LogP contribution in [0.1, 0.15) is 11.3 Å². The highest BCUT2D eigenvalue weighted by Gasteiger charge is 2.09. The standard InChI is InChI=1S/C16H14FN3/c1-12-10-16(15-8-4-5-9-18-15)19-20(12)11-13-6-2-3-7-14(13)17/h2-10H,11H2,1H3. The Hall–Kier alpha value is -2.49. The Bertz CT molecular complexity index is 720. The first-order valence-corrected chi connectivity index (χ1v) is 6.43. The van der Waals surface area contributed by atoms with Gasteiger partial charge in [-0.1, -0.05) is 24.3 Å². The number of halogens is 1. The molecule has 0 atom stereocenters. The van der Waals surface area contributed by atoms with E-state index in [-0.39, 0.29) is 5.82 Å². The van der Waals surface area contributed by atoms with Crippen LogP contribution in [0.4, 0.5) is 4.39 Å². The van der Waals surface area contributed by atoms with E-state index in [1.807, 2.05) is 37.3 Å². The number of benzene rings is 1. The molecule has 4 heteroatoms. The monoisotopic (exact) mass is 267 g/mol. The van der Waals surface area contributed by atoms with Crippen LogP contribution >= 0.6 is 0 Å². The predicted octanol–water partition coefficient (Wildman–Crippen LogP) is 3.44. The first-order valence-electron chi connectivity index (χ1n) is 6.43. The first-order chi connectivity index (χ1) is 9.74. The molecule has 0 N–H and O–H groups in total. The van der Waals surface area contributed by atoms with Crippen molar-refractivity contribution in [1.82, 2.24) is 14.8 Å². The molecule has 3 aromatic rings. The number of nitrogens with zero attached hydrogens (tertiary/aromatic N) is 3. The van der Waals surface area contributed by atoms with E-state index in [9.17, 15) is 4.39 Å². The molecule has 0 radical (unpaired) electrons. The van der Waals surface area contributed by atoms with Crippen molar-refractivity contribution in [2.24, 2.45) is 0 Å². The molecule has 0 saturated heterocycles. The third-order valence-electron chi connectivity index (χ3n) is 3.19. The Kier molecular flexibility index (Phi) is 3.29. The number of rotatable bonds is 3. The summed E-state index contributed by atoms with van der Waals surface area (Å²) in [5, 5.41) is 4.50. The predicted molar refractivity (Wildman–Crippen MR) is 75.7 cm³/mol. The normalized spacial score (nSPS) is 10.7. The topological polar surface area (TPSA) is 30.7 Å². The zero-order valence-electron chi connectivity index (χ0n) is 11.1. The molecule has 2 aromatic heterocycles. The van der Waals surface area contributed by atoms with Crippen molar-refractivity contribution < 1.29 is 4.39 Å². The highest BCUT2D eigenvalue weighted by atomic mass is 19.1. The summed E-state index contributed by atoms with van der Waals surface area (Å²) in [7, 11) is 0. The molecule has 2 heterocycles. The highest BCUT2D eigenvalue weighted by molar-refractivity contribution is 5.53. The summed E-state index contributed by atoms with van der Waals surface area (Å²) >= 11 is 0. The van der Waals surface area contributed by atoms with Gasteiger partial charge in [0.2, 0.25) is 0 Å². The van der Waals surface area contributed by atoms with Gasteiger partial charge in [-0.2, -0.15) is 5.10 Å². The number of pyridine rings is 1. The minimum absolute atomic E-state index is 0.207. The average molecular weight is 267 g/mol. The lowest BCUT2D eigenvalue weighted by Gasteiger charge is -2.05. The van der Waals surface area contributed by atoms with E-state index in [4.69, 9.17) is 0 Å². The molecule has 0 fully saturated rings. The van der Waals surface area contributed by atoms with Crippen LogP contribution in [-0.2, 0) is 6.54 Å². The van der Waals surface area contributed by atoms with E-state index in [1.54, 1.807) is 23.0 Å². The molecule has 1 aromatic carbocycles. The molecule has 20 heavy (non-hydrogen) atoms. The number of hydrogen-bond acceptors (Lipinski definition) is 2. The SMILES string of the molecule is Cc1cc(-c2ccccn2)nn1Cc1ccccc1F. The summed E-state index contributed by atoms with van der Waals surface area (Å²) in [6, 6.07) is 14.4. The van der Waals surface area contributed by atoms with Gasteiger partial charge >= 0.3 is 0 Å². The fourth-order valence-corrected chi connectivity index (χ4v) is 2.10. The van der Waals surface area contributed by atoms with Crippen LogP contribution in [0.5, 0.6) is 0 Å². The van der Waals surface area contributed by atoms with Gasteiger partial charge < -0.3 is 0 Å². The second-order valence-corrected chi connectivity index (χ2v) is 4.63. The van der Waals surface area contributed by atoms with Crippen LogP contribution in [0.15, 0.2) is 54.7 Å². The zero-order valence-corrected chi connectivity index (χ0v) is 11.1. The van der Waals surface area contributed by atoms with Crippen molar-refractivity contribution in [1.29, 1.82) is 0 Å². The summed E-state index contributed by atoms with van der Waals surface area (Å²) in [6.07, 6.45) is 1.74. The van der Waals surface area contributed by atoms with Crippen LogP contribution in [-0.4, -0.2) is 14.8 Å². The van der Waals surface area contributed by atoms with Crippen molar-refractivity contribution in [3.63, 3.8) is 0 Å². The summed E-state index contributed by atoms with van der Waals surface area (Å²) < 4.78 is 15.5. The van der Waals surface area contributed by atoms with Crippen molar-refractivity contribution in [2.75, 3.05) is 0 Å². The maximum absolute atomic E-state index is 13.7. The Morgan fingerprint density at radius 1 is 1.05 bits per heavy atom. The van der Waals surface area contributed by atoms with Gasteiger partial charge in [-0.25, -0.2) is 4.39 Å². The van der Waals surface area contributed by atoms with Crippen LogP contribution in [0.25, 0.3) is 11.4 Å². The molecule has 0 unspecified atom stereocenters. The Morgan fingerprint density at radius 3 is 2.60 bits per heavy atom. The third-order valence-corrected chi connectivity index (χ3v) is 3.19. The summed E-state index contributed by atoms with van der Waals surface area (Å²) in [5.41, 5.74) is 3.24. The van der Waals surface area contributed by atoms with Crippen LogP contribution in [0, 0.1) is 12.7 Å². The second-order valence-electron chi connectivity index (χ2n) is 4.63. The number of aryl methyl sites for hydroxylation is 1. The molecular formula is C16H14FN3. The molecule has 3 nitrogen and oxygen atoms in total. The fourth-order valence-electron chi connectivity index (χ4n) is 2.10. The zero-order chi connectivity index (χ0) is 13.9. The van der Waals surface area contributed by atoms with Crippen LogP contribution in [0.3, 0.4) is 0 Å². The maximum atomic E-state index is 13.7. The van der Waals surface area contributed by atoms with Crippen LogP contribution < -0.4 is 0 Å². The highest BCUT2D eigenvalue weighted by Crippen LogP contribution is 2.17. The molecule has 0 amide bonds. The quantitative estimate of drug-likeness (QED) is 0.727. The lowest BCUT2D eigenvalue weighted by molar-refractivity contribution is 0.580. The minimum Gasteiger partial charge on any atom is -0.265 e. The minimum atomic E-state index is -0.207. The third kappa shape index (κ3) is 2.45. The molecule has 100 valence electrons. The second kappa shape index (κ2) is 5.25. The van der Waals surface area contributed by atoms with Gasteiger partial charge in [0.1, 0.15) is 11.5 Å². The Balaban J connectivity index is 1.92. The largest absolute Gasteiger partial charge is 0.265 e. The van der Waals surface area contributed by atoms with Gasteiger partial charge in [-0.05, 0) is 31.2 Å². The molecule has 0 bridgehead atoms. The van der Waals surface area contributed by atoms with E-state index in [0.717, 1.165) is 17.1 Å². The Morgan fingerprint density at radius 2 is 1.85 bits per heavy atom. The number of aromatic nitrogens is 3. The molecule has 0 spiro atoms.